The van der Waals surface area contributed by atoms with Crippen LogP contribution in [0.3, 0.4) is 0 Å². The first-order valence-corrected chi connectivity index (χ1v) is 10.7. The Labute approximate surface area is 189 Å². The molecule has 0 radical (unpaired) electrons. The number of hydrogen-bond donors (Lipinski definition) is 1. The molecule has 182 valence electrons. The molecule has 4 heterocycles. The molecule has 1 N–H and O–H groups in total. The number of rotatable bonds is 5. The number of fused-ring (bicyclic) bond motifs is 3. The van der Waals surface area contributed by atoms with E-state index in [0.717, 1.165) is 18.9 Å². The van der Waals surface area contributed by atoms with Gasteiger partial charge in [-0.15, -0.1) is 5.10 Å². The van der Waals surface area contributed by atoms with Crippen LogP contribution >= 0.6 is 0 Å². The zero-order chi connectivity index (χ0) is 24.1. The number of piperidine rings is 1. The predicted octanol–water partition coefficient (Wildman–Crippen LogP) is 4.41. The van der Waals surface area contributed by atoms with Crippen LogP contribution in [-0.2, 0) is 6.18 Å². The van der Waals surface area contributed by atoms with Gasteiger partial charge in [0.15, 0.2) is 12.3 Å². The molecule has 0 amide bonds. The number of ether oxygens (including phenoxy) is 1. The first-order valence-electron chi connectivity index (χ1n) is 10.7. The number of alkyl halides is 6. The lowest BCUT2D eigenvalue weighted by Gasteiger charge is -2.39. The smallest absolute Gasteiger partial charge is 0.433 e. The molecule has 2 aliphatic rings. The minimum atomic E-state index is -4.51. The van der Waals surface area contributed by atoms with Crippen LogP contribution in [-0.4, -0.2) is 51.5 Å². The van der Waals surface area contributed by atoms with Gasteiger partial charge < -0.3 is 15.0 Å². The number of anilines is 2. The monoisotopic (exact) mass is 486 g/mol. The molecule has 0 aromatic carbocycles. The minimum absolute atomic E-state index is 0.00266. The third-order valence-corrected chi connectivity index (χ3v) is 6.24. The zero-order valence-electron chi connectivity index (χ0n) is 17.6. The van der Waals surface area contributed by atoms with E-state index in [1.54, 1.807) is 12.1 Å². The predicted molar refractivity (Wildman–Crippen MR) is 110 cm³/mol. The van der Waals surface area contributed by atoms with Crippen LogP contribution in [0.2, 0.25) is 0 Å². The number of pyridine rings is 2. The molecule has 34 heavy (non-hydrogen) atoms. The van der Waals surface area contributed by atoms with Gasteiger partial charge in [0.25, 0.3) is 0 Å². The van der Waals surface area contributed by atoms with E-state index < -0.39 is 24.7 Å². The first-order chi connectivity index (χ1) is 16.1. The topological polar surface area (TPSA) is 67.6 Å². The molecule has 1 aliphatic heterocycles. The molecule has 1 saturated carbocycles. The third-order valence-electron chi connectivity index (χ3n) is 6.24. The van der Waals surface area contributed by atoms with Gasteiger partial charge in [0.1, 0.15) is 5.69 Å². The van der Waals surface area contributed by atoms with Gasteiger partial charge in [0.05, 0.1) is 0 Å². The average molecular weight is 486 g/mol. The fourth-order valence-corrected chi connectivity index (χ4v) is 4.80. The van der Waals surface area contributed by atoms with Gasteiger partial charge in [-0.25, -0.2) is 0 Å². The molecule has 0 spiro atoms. The number of nitrogens with one attached hydrogen (secondary N) is 1. The SMILES string of the molecule is FC(F)(F)COc1cccc2nc(NC3C4CCC3CN(c3ccnc(C(F)(F)F)c3)C4)nn12. The summed E-state index contributed by atoms with van der Waals surface area (Å²) in [6.45, 7) is -0.325. The molecule has 3 aromatic heterocycles. The van der Waals surface area contributed by atoms with Gasteiger partial charge in [-0.05, 0) is 42.9 Å². The average Bonchev–Trinajstić information content (AvgIpc) is 3.27. The Morgan fingerprint density at radius 1 is 1.03 bits per heavy atom. The fourth-order valence-electron chi connectivity index (χ4n) is 4.80. The van der Waals surface area contributed by atoms with Crippen molar-refractivity contribution in [3.05, 3.63) is 42.2 Å². The summed E-state index contributed by atoms with van der Waals surface area (Å²) in [6, 6.07) is 7.16. The highest BCUT2D eigenvalue weighted by molar-refractivity contribution is 5.50. The summed E-state index contributed by atoms with van der Waals surface area (Å²) in [6.07, 6.45) is -6.03. The fraction of sp³-hybridized carbons (Fsp3) is 0.476. The Bertz CT molecular complexity index is 1160. The van der Waals surface area contributed by atoms with Gasteiger partial charge in [0.2, 0.25) is 11.8 Å². The van der Waals surface area contributed by atoms with Gasteiger partial charge >= 0.3 is 12.4 Å². The van der Waals surface area contributed by atoms with E-state index >= 15 is 0 Å². The van der Waals surface area contributed by atoms with Crippen molar-refractivity contribution in [2.24, 2.45) is 11.8 Å². The Hall–Kier alpha value is -3.25. The maximum Gasteiger partial charge on any atom is 0.433 e. The molecule has 2 atom stereocenters. The van der Waals surface area contributed by atoms with Crippen molar-refractivity contribution in [2.75, 3.05) is 29.9 Å². The minimum Gasteiger partial charge on any atom is -0.468 e. The third kappa shape index (κ3) is 4.55. The van der Waals surface area contributed by atoms with E-state index in [9.17, 15) is 26.3 Å². The zero-order valence-corrected chi connectivity index (χ0v) is 17.6. The van der Waals surface area contributed by atoms with Gasteiger partial charge in [-0.1, -0.05) is 6.07 Å². The molecular weight excluding hydrogens is 466 g/mol. The molecule has 1 aliphatic carbocycles. The molecule has 2 fully saturated rings. The molecule has 3 aromatic rings. The summed E-state index contributed by atoms with van der Waals surface area (Å²) >= 11 is 0. The van der Waals surface area contributed by atoms with E-state index in [1.165, 1.54) is 22.8 Å². The number of aromatic nitrogens is 4. The molecule has 2 bridgehead atoms. The highest BCUT2D eigenvalue weighted by Crippen LogP contribution is 2.40. The highest BCUT2D eigenvalue weighted by atomic mass is 19.4. The van der Waals surface area contributed by atoms with Gasteiger partial charge in [-0.2, -0.15) is 35.8 Å². The van der Waals surface area contributed by atoms with Crippen molar-refractivity contribution < 1.29 is 31.1 Å². The summed E-state index contributed by atoms with van der Waals surface area (Å²) < 4.78 is 82.8. The molecule has 7 nitrogen and oxygen atoms in total. The van der Waals surface area contributed by atoms with Gasteiger partial charge in [0, 0.05) is 37.1 Å². The Morgan fingerprint density at radius 2 is 1.76 bits per heavy atom. The van der Waals surface area contributed by atoms with E-state index in [1.807, 2.05) is 4.90 Å². The summed E-state index contributed by atoms with van der Waals surface area (Å²) in [5, 5.41) is 7.57. The largest absolute Gasteiger partial charge is 0.468 e. The standard InChI is InChI=1S/C21H20F6N6O/c22-20(23,24)11-34-17-3-1-2-16-29-19(31-33(16)17)30-18-12-4-5-13(18)10-32(9-12)14-6-7-28-15(8-14)21(25,26)27/h1-3,6-8,12-13,18H,4-5,9-11H2,(H,30,31). The van der Waals surface area contributed by atoms with E-state index in [4.69, 9.17) is 4.74 Å². The number of nitrogens with zero attached hydrogens (tertiary/aromatic N) is 5. The maximum absolute atomic E-state index is 13.1. The van der Waals surface area contributed by atoms with Gasteiger partial charge in [-0.3, -0.25) is 4.98 Å². The van der Waals surface area contributed by atoms with Crippen molar-refractivity contribution >= 4 is 17.3 Å². The summed E-state index contributed by atoms with van der Waals surface area (Å²) in [7, 11) is 0. The van der Waals surface area contributed by atoms with Crippen LogP contribution in [0.4, 0.5) is 38.0 Å². The van der Waals surface area contributed by atoms with Crippen molar-refractivity contribution in [3.8, 4) is 5.88 Å². The van der Waals surface area contributed by atoms with Crippen molar-refractivity contribution in [1.82, 2.24) is 19.6 Å². The van der Waals surface area contributed by atoms with Crippen molar-refractivity contribution in [2.45, 2.75) is 31.2 Å². The summed E-state index contributed by atoms with van der Waals surface area (Å²) in [5.74, 6) is 0.482. The lowest BCUT2D eigenvalue weighted by Crippen LogP contribution is -2.48. The lowest BCUT2D eigenvalue weighted by molar-refractivity contribution is -0.154. The van der Waals surface area contributed by atoms with Crippen molar-refractivity contribution in [3.63, 3.8) is 0 Å². The van der Waals surface area contributed by atoms with Crippen LogP contribution in [0.1, 0.15) is 18.5 Å². The van der Waals surface area contributed by atoms with E-state index in [-0.39, 0.29) is 29.7 Å². The highest BCUT2D eigenvalue weighted by Gasteiger charge is 2.43. The first kappa shape index (κ1) is 22.5. The van der Waals surface area contributed by atoms with Crippen molar-refractivity contribution in [1.29, 1.82) is 0 Å². The Morgan fingerprint density at radius 3 is 2.44 bits per heavy atom. The Kier molecular flexibility index (Phi) is 5.44. The lowest BCUT2D eigenvalue weighted by atomic mass is 9.92. The second kappa shape index (κ2) is 8.20. The normalized spacial score (nSPS) is 22.9. The molecule has 2 unspecified atom stereocenters. The molecule has 1 saturated heterocycles. The summed E-state index contributed by atoms with van der Waals surface area (Å²) in [5.41, 5.74) is -0.103. The molecule has 13 heteroatoms. The summed E-state index contributed by atoms with van der Waals surface area (Å²) in [4.78, 5) is 9.73. The van der Waals surface area contributed by atoms with Crippen LogP contribution < -0.4 is 15.0 Å². The molecular formula is C21H20F6N6O. The van der Waals surface area contributed by atoms with Crippen LogP contribution in [0.25, 0.3) is 5.65 Å². The second-order valence-electron chi connectivity index (χ2n) is 8.54. The van der Waals surface area contributed by atoms with E-state index in [0.29, 0.717) is 24.4 Å². The maximum atomic E-state index is 13.1. The molecule has 5 rings (SSSR count). The van der Waals surface area contributed by atoms with Crippen LogP contribution in [0.5, 0.6) is 5.88 Å². The quantitative estimate of drug-likeness (QED) is 0.539. The van der Waals surface area contributed by atoms with E-state index in [2.05, 4.69) is 20.4 Å². The second-order valence-corrected chi connectivity index (χ2v) is 8.54. The van der Waals surface area contributed by atoms with Crippen LogP contribution in [0.15, 0.2) is 36.5 Å². The Balaban J connectivity index is 1.31. The van der Waals surface area contributed by atoms with Crippen LogP contribution in [0, 0.1) is 11.8 Å². The number of hydrogen-bond acceptors (Lipinski definition) is 6. The number of halogens is 6.